The summed E-state index contributed by atoms with van der Waals surface area (Å²) >= 11 is 0. The van der Waals surface area contributed by atoms with Gasteiger partial charge in [-0.05, 0) is 25.3 Å². The van der Waals surface area contributed by atoms with Crippen LogP contribution >= 0.6 is 0 Å². The SMILES string of the molecule is CCOC(c1noc(C2CCNC2)n1)C(C)(C)C. The summed E-state index contributed by atoms with van der Waals surface area (Å²) in [5.41, 5.74) is -0.0366. The summed E-state index contributed by atoms with van der Waals surface area (Å²) in [5, 5.41) is 7.41. The van der Waals surface area contributed by atoms with E-state index in [1.807, 2.05) is 6.92 Å². The summed E-state index contributed by atoms with van der Waals surface area (Å²) in [5.74, 6) is 1.77. The fourth-order valence-electron chi connectivity index (χ4n) is 2.26. The van der Waals surface area contributed by atoms with E-state index in [-0.39, 0.29) is 11.5 Å². The Morgan fingerprint density at radius 3 is 2.83 bits per heavy atom. The Morgan fingerprint density at radius 2 is 2.28 bits per heavy atom. The van der Waals surface area contributed by atoms with Crippen LogP contribution in [0.5, 0.6) is 0 Å². The van der Waals surface area contributed by atoms with Crippen molar-refractivity contribution < 1.29 is 9.26 Å². The van der Waals surface area contributed by atoms with E-state index in [2.05, 4.69) is 36.2 Å². The lowest BCUT2D eigenvalue weighted by molar-refractivity contribution is -0.0203. The summed E-state index contributed by atoms with van der Waals surface area (Å²) in [6.07, 6.45) is 0.950. The van der Waals surface area contributed by atoms with Crippen LogP contribution < -0.4 is 5.32 Å². The molecular formula is C13H23N3O2. The summed E-state index contributed by atoms with van der Waals surface area (Å²) in [4.78, 5) is 4.53. The van der Waals surface area contributed by atoms with Gasteiger partial charge in [-0.1, -0.05) is 25.9 Å². The lowest BCUT2D eigenvalue weighted by atomic mass is 9.88. The molecule has 102 valence electrons. The summed E-state index contributed by atoms with van der Waals surface area (Å²) in [6.45, 7) is 11.0. The number of nitrogens with zero attached hydrogens (tertiary/aromatic N) is 2. The number of hydrogen-bond donors (Lipinski definition) is 1. The molecule has 1 N–H and O–H groups in total. The largest absolute Gasteiger partial charge is 0.370 e. The van der Waals surface area contributed by atoms with Gasteiger partial charge in [0.25, 0.3) is 0 Å². The third-order valence-corrected chi connectivity index (χ3v) is 3.22. The molecule has 18 heavy (non-hydrogen) atoms. The predicted octanol–water partition coefficient (Wildman–Crippen LogP) is 2.27. The molecule has 1 saturated heterocycles. The van der Waals surface area contributed by atoms with E-state index < -0.39 is 0 Å². The second kappa shape index (κ2) is 5.36. The quantitative estimate of drug-likeness (QED) is 0.892. The first-order chi connectivity index (χ1) is 8.52. The Labute approximate surface area is 108 Å². The molecule has 1 aliphatic heterocycles. The number of aromatic nitrogens is 2. The molecule has 1 aliphatic rings. The van der Waals surface area contributed by atoms with Crippen LogP contribution in [0.3, 0.4) is 0 Å². The fraction of sp³-hybridized carbons (Fsp3) is 0.846. The van der Waals surface area contributed by atoms with E-state index in [0.29, 0.717) is 18.3 Å². The fourth-order valence-corrected chi connectivity index (χ4v) is 2.26. The topological polar surface area (TPSA) is 60.2 Å². The van der Waals surface area contributed by atoms with Crippen LogP contribution in [0, 0.1) is 5.41 Å². The van der Waals surface area contributed by atoms with E-state index in [0.717, 1.165) is 25.4 Å². The first-order valence-electron chi connectivity index (χ1n) is 6.68. The summed E-state index contributed by atoms with van der Waals surface area (Å²) < 4.78 is 11.2. The molecule has 2 unspecified atom stereocenters. The maximum Gasteiger partial charge on any atom is 0.231 e. The van der Waals surface area contributed by atoms with Crippen molar-refractivity contribution in [1.29, 1.82) is 0 Å². The molecule has 0 bridgehead atoms. The van der Waals surface area contributed by atoms with Gasteiger partial charge < -0.3 is 14.6 Å². The third kappa shape index (κ3) is 2.90. The first-order valence-corrected chi connectivity index (χ1v) is 6.68. The Morgan fingerprint density at radius 1 is 1.50 bits per heavy atom. The standard InChI is InChI=1S/C13H23N3O2/c1-5-17-10(13(2,3)4)11-15-12(18-16-11)9-6-7-14-8-9/h9-10,14H,5-8H2,1-4H3. The minimum atomic E-state index is -0.116. The highest BCUT2D eigenvalue weighted by Crippen LogP contribution is 2.35. The van der Waals surface area contributed by atoms with Gasteiger partial charge in [-0.2, -0.15) is 4.98 Å². The lowest BCUT2D eigenvalue weighted by Gasteiger charge is -2.27. The van der Waals surface area contributed by atoms with Crippen LogP contribution in [0.25, 0.3) is 0 Å². The van der Waals surface area contributed by atoms with Crippen molar-refractivity contribution in [3.8, 4) is 0 Å². The van der Waals surface area contributed by atoms with Crippen molar-refractivity contribution in [2.45, 2.75) is 46.1 Å². The van der Waals surface area contributed by atoms with Crippen molar-refractivity contribution in [3.05, 3.63) is 11.7 Å². The van der Waals surface area contributed by atoms with Crippen molar-refractivity contribution in [3.63, 3.8) is 0 Å². The van der Waals surface area contributed by atoms with Crippen LogP contribution in [0.4, 0.5) is 0 Å². The number of rotatable bonds is 4. The molecule has 0 aromatic carbocycles. The smallest absolute Gasteiger partial charge is 0.231 e. The average molecular weight is 253 g/mol. The molecule has 0 radical (unpaired) electrons. The molecule has 1 aromatic heterocycles. The average Bonchev–Trinajstić information content (AvgIpc) is 2.94. The van der Waals surface area contributed by atoms with Crippen molar-refractivity contribution >= 4 is 0 Å². The first kappa shape index (κ1) is 13.5. The molecule has 5 heteroatoms. The molecule has 1 fully saturated rings. The second-order valence-corrected chi connectivity index (χ2v) is 5.88. The molecule has 0 spiro atoms. The van der Waals surface area contributed by atoms with Crippen LogP contribution in [0.15, 0.2) is 4.52 Å². The highest BCUT2D eigenvalue weighted by atomic mass is 16.5. The van der Waals surface area contributed by atoms with Gasteiger partial charge >= 0.3 is 0 Å². The van der Waals surface area contributed by atoms with Crippen molar-refractivity contribution in [1.82, 2.24) is 15.5 Å². The van der Waals surface area contributed by atoms with Gasteiger partial charge in [0.05, 0.1) is 5.92 Å². The van der Waals surface area contributed by atoms with Gasteiger partial charge in [-0.3, -0.25) is 0 Å². The zero-order valence-corrected chi connectivity index (χ0v) is 11.7. The van der Waals surface area contributed by atoms with Gasteiger partial charge in [0, 0.05) is 13.2 Å². The second-order valence-electron chi connectivity index (χ2n) is 5.88. The molecule has 5 nitrogen and oxygen atoms in total. The van der Waals surface area contributed by atoms with Crippen LogP contribution in [-0.2, 0) is 4.74 Å². The van der Waals surface area contributed by atoms with Crippen molar-refractivity contribution in [2.24, 2.45) is 5.41 Å². The van der Waals surface area contributed by atoms with E-state index in [9.17, 15) is 0 Å². The zero-order chi connectivity index (χ0) is 13.2. The van der Waals surface area contributed by atoms with Crippen LogP contribution in [0.1, 0.15) is 57.9 Å². The highest BCUT2D eigenvalue weighted by Gasteiger charge is 2.32. The third-order valence-electron chi connectivity index (χ3n) is 3.22. The maximum atomic E-state index is 5.77. The minimum absolute atomic E-state index is 0.0366. The van der Waals surface area contributed by atoms with Gasteiger partial charge in [0.1, 0.15) is 6.10 Å². The normalized spacial score (nSPS) is 22.3. The Kier molecular flexibility index (Phi) is 4.02. The van der Waals surface area contributed by atoms with Gasteiger partial charge in [-0.25, -0.2) is 0 Å². The predicted molar refractivity (Wildman–Crippen MR) is 68.3 cm³/mol. The number of nitrogens with one attached hydrogen (secondary N) is 1. The molecule has 2 heterocycles. The van der Waals surface area contributed by atoms with E-state index in [1.165, 1.54) is 0 Å². The van der Waals surface area contributed by atoms with E-state index in [1.54, 1.807) is 0 Å². The molecule has 1 aromatic rings. The van der Waals surface area contributed by atoms with Crippen LogP contribution in [-0.4, -0.2) is 29.8 Å². The van der Waals surface area contributed by atoms with E-state index in [4.69, 9.17) is 9.26 Å². The molecule has 0 amide bonds. The number of hydrogen-bond acceptors (Lipinski definition) is 5. The minimum Gasteiger partial charge on any atom is -0.370 e. The molecule has 2 atom stereocenters. The Hall–Kier alpha value is -0.940. The summed E-state index contributed by atoms with van der Waals surface area (Å²) in [6, 6.07) is 0. The van der Waals surface area contributed by atoms with Gasteiger partial charge in [0.2, 0.25) is 11.7 Å². The highest BCUT2D eigenvalue weighted by molar-refractivity contribution is 5.02. The van der Waals surface area contributed by atoms with Gasteiger partial charge in [0.15, 0.2) is 0 Å². The Bertz CT molecular complexity index is 378. The lowest BCUT2D eigenvalue weighted by Crippen LogP contribution is -2.22. The monoisotopic (exact) mass is 253 g/mol. The van der Waals surface area contributed by atoms with Gasteiger partial charge in [-0.15, -0.1) is 0 Å². The van der Waals surface area contributed by atoms with E-state index >= 15 is 0 Å². The van der Waals surface area contributed by atoms with Crippen LogP contribution in [0.2, 0.25) is 0 Å². The molecule has 0 saturated carbocycles. The van der Waals surface area contributed by atoms with Crippen molar-refractivity contribution in [2.75, 3.05) is 19.7 Å². The summed E-state index contributed by atoms with van der Waals surface area (Å²) in [7, 11) is 0. The Balaban J connectivity index is 2.15. The molecular weight excluding hydrogens is 230 g/mol. The zero-order valence-electron chi connectivity index (χ0n) is 11.7. The maximum absolute atomic E-state index is 5.77. The molecule has 0 aliphatic carbocycles. The number of ether oxygens (including phenoxy) is 1. The molecule has 2 rings (SSSR count).